The molecule has 1 fully saturated rings. The molecule has 1 aliphatic rings. The van der Waals surface area contributed by atoms with Crippen LogP contribution in [0.5, 0.6) is 0 Å². The Labute approximate surface area is 136 Å². The molecule has 2 aromatic rings. The highest BCUT2D eigenvalue weighted by Gasteiger charge is 2.20. The third-order valence-corrected chi connectivity index (χ3v) is 4.93. The van der Waals surface area contributed by atoms with Crippen LogP contribution in [0, 0.1) is 5.92 Å². The molecule has 3 rings (SSSR count). The van der Waals surface area contributed by atoms with Crippen molar-refractivity contribution < 1.29 is 0 Å². The molecule has 0 spiro atoms. The quantitative estimate of drug-likeness (QED) is 0.889. The van der Waals surface area contributed by atoms with E-state index in [2.05, 4.69) is 44.8 Å². The van der Waals surface area contributed by atoms with E-state index in [1.54, 1.807) is 11.3 Å². The monoisotopic (exact) mass is 319 g/mol. The molecular formula is C16H25N5S. The maximum absolute atomic E-state index is 4.49. The molecule has 0 unspecified atom stereocenters. The van der Waals surface area contributed by atoms with Gasteiger partial charge in [0.15, 0.2) is 5.13 Å². The van der Waals surface area contributed by atoms with E-state index in [4.69, 9.17) is 0 Å². The van der Waals surface area contributed by atoms with Gasteiger partial charge in [0.2, 0.25) is 0 Å². The maximum atomic E-state index is 4.49. The summed E-state index contributed by atoms with van der Waals surface area (Å²) in [4.78, 5) is 11.3. The number of piperidine rings is 1. The van der Waals surface area contributed by atoms with Gasteiger partial charge in [0.25, 0.3) is 0 Å². The first-order valence-corrected chi connectivity index (χ1v) is 8.98. The molecule has 6 heteroatoms. The molecule has 0 aliphatic carbocycles. The van der Waals surface area contributed by atoms with Crippen molar-refractivity contribution in [1.29, 1.82) is 0 Å². The van der Waals surface area contributed by atoms with Crippen LogP contribution in [0.2, 0.25) is 0 Å². The topological polar surface area (TPSA) is 46.0 Å². The number of hydrogen-bond acceptors (Lipinski definition) is 5. The van der Waals surface area contributed by atoms with E-state index in [9.17, 15) is 0 Å². The lowest BCUT2D eigenvalue weighted by Gasteiger charge is -2.32. The smallest absolute Gasteiger partial charge is 0.185 e. The normalized spacial score (nSPS) is 16.6. The van der Waals surface area contributed by atoms with Gasteiger partial charge < -0.3 is 14.8 Å². The predicted octanol–water partition coefficient (Wildman–Crippen LogP) is 2.75. The van der Waals surface area contributed by atoms with Gasteiger partial charge in [-0.15, -0.1) is 11.3 Å². The van der Waals surface area contributed by atoms with Crippen molar-refractivity contribution >= 4 is 16.5 Å². The van der Waals surface area contributed by atoms with Gasteiger partial charge in [-0.2, -0.15) is 0 Å². The van der Waals surface area contributed by atoms with Crippen LogP contribution in [0.15, 0.2) is 24.0 Å². The minimum atomic E-state index is 0.584. The summed E-state index contributed by atoms with van der Waals surface area (Å²) in [5.41, 5.74) is 0. The molecule has 2 aromatic heterocycles. The summed E-state index contributed by atoms with van der Waals surface area (Å²) in [6, 6.07) is 0.584. The highest BCUT2D eigenvalue weighted by atomic mass is 32.1. The molecule has 0 amide bonds. The second kappa shape index (κ2) is 7.24. The Kier molecular flexibility index (Phi) is 5.10. The largest absolute Gasteiger partial charge is 0.348 e. The molecule has 1 saturated heterocycles. The highest BCUT2D eigenvalue weighted by Crippen LogP contribution is 2.22. The van der Waals surface area contributed by atoms with Crippen molar-refractivity contribution in [1.82, 2.24) is 19.9 Å². The Bertz CT molecular complexity index is 555. The zero-order chi connectivity index (χ0) is 15.4. The zero-order valence-electron chi connectivity index (χ0n) is 13.4. The van der Waals surface area contributed by atoms with Crippen molar-refractivity contribution in [2.45, 2.75) is 45.8 Å². The van der Waals surface area contributed by atoms with Crippen molar-refractivity contribution in [3.8, 4) is 0 Å². The van der Waals surface area contributed by atoms with Crippen molar-refractivity contribution in [2.24, 2.45) is 5.92 Å². The molecule has 1 N–H and O–H groups in total. The first-order valence-electron chi connectivity index (χ1n) is 8.10. The van der Waals surface area contributed by atoms with Crippen LogP contribution in [0.3, 0.4) is 0 Å². The summed E-state index contributed by atoms with van der Waals surface area (Å²) < 4.78 is 2.27. The zero-order valence-corrected chi connectivity index (χ0v) is 14.2. The van der Waals surface area contributed by atoms with E-state index in [1.165, 1.54) is 12.8 Å². The summed E-state index contributed by atoms with van der Waals surface area (Å²) in [6.07, 6.45) is 8.22. The Balaban J connectivity index is 1.46. The van der Waals surface area contributed by atoms with Crippen LogP contribution in [0.4, 0.5) is 5.13 Å². The van der Waals surface area contributed by atoms with E-state index in [-0.39, 0.29) is 0 Å². The second-order valence-corrected chi connectivity index (χ2v) is 7.22. The molecule has 0 atom stereocenters. The third-order valence-electron chi connectivity index (χ3n) is 4.10. The summed E-state index contributed by atoms with van der Waals surface area (Å²) >= 11 is 1.73. The van der Waals surface area contributed by atoms with Gasteiger partial charge in [-0.1, -0.05) is 13.8 Å². The van der Waals surface area contributed by atoms with Crippen LogP contribution in [-0.2, 0) is 13.1 Å². The molecule has 0 radical (unpaired) electrons. The first-order chi connectivity index (χ1) is 10.7. The molecular weight excluding hydrogens is 294 g/mol. The lowest BCUT2D eigenvalue weighted by Crippen LogP contribution is -2.42. The fourth-order valence-corrected chi connectivity index (χ4v) is 3.65. The number of hydrogen-bond donors (Lipinski definition) is 1. The van der Waals surface area contributed by atoms with Gasteiger partial charge >= 0.3 is 0 Å². The van der Waals surface area contributed by atoms with Gasteiger partial charge in [0.1, 0.15) is 5.82 Å². The number of imidazole rings is 1. The van der Waals surface area contributed by atoms with E-state index in [0.717, 1.165) is 37.1 Å². The van der Waals surface area contributed by atoms with Gasteiger partial charge in [-0.05, 0) is 18.8 Å². The number of anilines is 1. The lowest BCUT2D eigenvalue weighted by atomic mass is 10.1. The summed E-state index contributed by atoms with van der Waals surface area (Å²) in [6.45, 7) is 8.56. The molecule has 22 heavy (non-hydrogen) atoms. The van der Waals surface area contributed by atoms with Crippen LogP contribution in [0.25, 0.3) is 0 Å². The predicted molar refractivity (Wildman–Crippen MR) is 91.3 cm³/mol. The van der Waals surface area contributed by atoms with Gasteiger partial charge in [0.05, 0.1) is 6.54 Å². The number of nitrogens with zero attached hydrogens (tertiary/aromatic N) is 4. The number of aromatic nitrogens is 3. The van der Waals surface area contributed by atoms with E-state index < -0.39 is 0 Å². The number of nitrogens with one attached hydrogen (secondary N) is 1. The van der Waals surface area contributed by atoms with Crippen LogP contribution in [-0.4, -0.2) is 33.7 Å². The molecule has 0 bridgehead atoms. The lowest BCUT2D eigenvalue weighted by molar-refractivity contribution is 0.401. The SMILES string of the molecule is CC(C)Cn1ccnc1CNC1CCN(c2nccs2)CC1. The molecule has 5 nitrogen and oxygen atoms in total. The number of rotatable bonds is 6. The Morgan fingerprint density at radius 2 is 2.09 bits per heavy atom. The van der Waals surface area contributed by atoms with Crippen molar-refractivity contribution in [2.75, 3.05) is 18.0 Å². The van der Waals surface area contributed by atoms with Gasteiger partial charge in [-0.3, -0.25) is 0 Å². The van der Waals surface area contributed by atoms with Crippen molar-refractivity contribution in [3.05, 3.63) is 29.8 Å². The van der Waals surface area contributed by atoms with E-state index in [0.29, 0.717) is 12.0 Å². The van der Waals surface area contributed by atoms with Crippen LogP contribution in [0.1, 0.15) is 32.5 Å². The number of thiazole rings is 1. The third kappa shape index (κ3) is 3.87. The minimum absolute atomic E-state index is 0.584. The average Bonchev–Trinajstić information content (AvgIpc) is 3.17. The fourth-order valence-electron chi connectivity index (χ4n) is 2.95. The summed E-state index contributed by atoms with van der Waals surface area (Å²) in [7, 11) is 0. The van der Waals surface area contributed by atoms with Crippen LogP contribution < -0.4 is 10.2 Å². The fraction of sp³-hybridized carbons (Fsp3) is 0.625. The average molecular weight is 319 g/mol. The molecule has 120 valence electrons. The molecule has 3 heterocycles. The molecule has 0 aromatic carbocycles. The first kappa shape index (κ1) is 15.5. The molecule has 0 saturated carbocycles. The maximum Gasteiger partial charge on any atom is 0.185 e. The second-order valence-electron chi connectivity index (χ2n) is 6.35. The van der Waals surface area contributed by atoms with Gasteiger partial charge in [0, 0.05) is 49.6 Å². The van der Waals surface area contributed by atoms with Crippen LogP contribution >= 0.6 is 11.3 Å². The summed E-state index contributed by atoms with van der Waals surface area (Å²) in [5, 5.41) is 6.88. The summed E-state index contributed by atoms with van der Waals surface area (Å²) in [5.74, 6) is 1.80. The molecule has 1 aliphatic heterocycles. The minimum Gasteiger partial charge on any atom is -0.348 e. The van der Waals surface area contributed by atoms with Gasteiger partial charge in [-0.25, -0.2) is 9.97 Å². The van der Waals surface area contributed by atoms with E-state index in [1.807, 2.05) is 17.8 Å². The Morgan fingerprint density at radius 1 is 1.27 bits per heavy atom. The van der Waals surface area contributed by atoms with E-state index >= 15 is 0 Å². The highest BCUT2D eigenvalue weighted by molar-refractivity contribution is 7.13. The Hall–Kier alpha value is -1.40. The van der Waals surface area contributed by atoms with Crippen molar-refractivity contribution in [3.63, 3.8) is 0 Å². The standard InChI is InChI=1S/C16H25N5S/c1-13(2)12-21-9-5-17-15(21)11-19-14-3-7-20(8-4-14)16-18-6-10-22-16/h5-6,9-10,13-14,19H,3-4,7-8,11-12H2,1-2H3. The Morgan fingerprint density at radius 3 is 2.77 bits per heavy atom.